The molecule has 0 fully saturated rings. The summed E-state index contributed by atoms with van der Waals surface area (Å²) in [6.45, 7) is 5.26. The number of pyridine rings is 1. The Morgan fingerprint density at radius 1 is 1.24 bits per heavy atom. The van der Waals surface area contributed by atoms with Crippen LogP contribution >= 0.6 is 0 Å². The van der Waals surface area contributed by atoms with E-state index in [9.17, 15) is 0 Å². The molecule has 2 heteroatoms. The number of aryl methyl sites for hydroxylation is 1. The predicted molar refractivity (Wildman–Crippen MR) is 89.4 cm³/mol. The molecule has 1 aliphatic carbocycles. The van der Waals surface area contributed by atoms with Crippen molar-refractivity contribution in [2.24, 2.45) is 0 Å². The highest BCUT2D eigenvalue weighted by Crippen LogP contribution is 2.33. The molecule has 1 unspecified atom stereocenters. The van der Waals surface area contributed by atoms with E-state index in [1.165, 1.54) is 36.6 Å². The number of allylic oxidation sites excluding steroid dienone is 1. The Kier molecular flexibility index (Phi) is 4.35. The Bertz CT molecular complexity index is 658. The first-order valence-electron chi connectivity index (χ1n) is 8.08. The van der Waals surface area contributed by atoms with E-state index in [2.05, 4.69) is 60.6 Å². The fourth-order valence-electron chi connectivity index (χ4n) is 3.35. The van der Waals surface area contributed by atoms with Gasteiger partial charge in [0.05, 0.1) is 11.6 Å². The van der Waals surface area contributed by atoms with E-state index in [1.54, 1.807) is 5.57 Å². The molecule has 1 N–H and O–H groups in total. The number of fused-ring (bicyclic) bond motifs is 1. The normalized spacial score (nSPS) is 16.8. The van der Waals surface area contributed by atoms with E-state index in [-0.39, 0.29) is 0 Å². The fourth-order valence-corrected chi connectivity index (χ4v) is 3.35. The van der Waals surface area contributed by atoms with Crippen molar-refractivity contribution in [1.82, 2.24) is 10.3 Å². The zero-order chi connectivity index (χ0) is 14.7. The molecule has 2 aromatic rings. The minimum atomic E-state index is 0.335. The summed E-state index contributed by atoms with van der Waals surface area (Å²) in [5.41, 5.74) is 5.14. The molecule has 3 rings (SSSR count). The summed E-state index contributed by atoms with van der Waals surface area (Å²) < 4.78 is 0. The second-order valence-electron chi connectivity index (χ2n) is 5.89. The van der Waals surface area contributed by atoms with E-state index < -0.39 is 0 Å². The van der Waals surface area contributed by atoms with Gasteiger partial charge in [-0.1, -0.05) is 36.8 Å². The molecule has 1 aromatic carbocycles. The average Bonchev–Trinajstić information content (AvgIpc) is 2.52. The van der Waals surface area contributed by atoms with Crippen molar-refractivity contribution in [3.05, 3.63) is 53.2 Å². The largest absolute Gasteiger partial charge is 0.307 e. The molecular formula is C19H24N2. The lowest BCUT2D eigenvalue weighted by molar-refractivity contribution is 0.566. The Morgan fingerprint density at radius 2 is 2.10 bits per heavy atom. The molecule has 1 aliphatic rings. The van der Waals surface area contributed by atoms with E-state index in [0.29, 0.717) is 6.04 Å². The molecule has 0 aliphatic heterocycles. The van der Waals surface area contributed by atoms with Gasteiger partial charge in [0.2, 0.25) is 0 Å². The zero-order valence-electron chi connectivity index (χ0n) is 13.0. The molecule has 21 heavy (non-hydrogen) atoms. The maximum atomic E-state index is 4.68. The minimum Gasteiger partial charge on any atom is -0.307 e. The Hall–Kier alpha value is -1.67. The minimum absolute atomic E-state index is 0.335. The van der Waals surface area contributed by atoms with Crippen LogP contribution in [0.3, 0.4) is 0 Å². The lowest BCUT2D eigenvalue weighted by Crippen LogP contribution is -2.24. The molecule has 110 valence electrons. The first-order chi connectivity index (χ1) is 10.3. The van der Waals surface area contributed by atoms with Crippen LogP contribution in [0.25, 0.3) is 10.9 Å². The molecular weight excluding hydrogens is 256 g/mol. The van der Waals surface area contributed by atoms with Crippen LogP contribution in [0.2, 0.25) is 0 Å². The van der Waals surface area contributed by atoms with Gasteiger partial charge in [0, 0.05) is 11.1 Å². The topological polar surface area (TPSA) is 24.9 Å². The lowest BCUT2D eigenvalue weighted by atomic mass is 9.88. The maximum Gasteiger partial charge on any atom is 0.0708 e. The first-order valence-corrected chi connectivity index (χ1v) is 8.08. The van der Waals surface area contributed by atoms with E-state index in [0.717, 1.165) is 17.8 Å². The van der Waals surface area contributed by atoms with Gasteiger partial charge in [0.1, 0.15) is 0 Å². The summed E-state index contributed by atoms with van der Waals surface area (Å²) in [5, 5.41) is 4.97. The van der Waals surface area contributed by atoms with Crippen molar-refractivity contribution in [2.45, 2.75) is 45.6 Å². The summed E-state index contributed by atoms with van der Waals surface area (Å²) in [6, 6.07) is 11.1. The van der Waals surface area contributed by atoms with Crippen LogP contribution in [-0.4, -0.2) is 11.5 Å². The molecule has 0 saturated heterocycles. The lowest BCUT2D eigenvalue weighted by Gasteiger charge is -2.26. The number of likely N-dealkylation sites (N-methyl/N-ethyl adjacent to an activating group) is 1. The van der Waals surface area contributed by atoms with Crippen LogP contribution in [0.5, 0.6) is 0 Å². The molecule has 2 nitrogen and oxygen atoms in total. The highest BCUT2D eigenvalue weighted by molar-refractivity contribution is 5.83. The second kappa shape index (κ2) is 6.40. The van der Waals surface area contributed by atoms with Crippen molar-refractivity contribution in [3.63, 3.8) is 0 Å². The number of nitrogens with one attached hydrogen (secondary N) is 1. The molecule has 1 atom stereocenters. The van der Waals surface area contributed by atoms with E-state index >= 15 is 0 Å². The second-order valence-corrected chi connectivity index (χ2v) is 5.89. The van der Waals surface area contributed by atoms with Crippen LogP contribution in [0.4, 0.5) is 0 Å². The van der Waals surface area contributed by atoms with Gasteiger partial charge in [0.15, 0.2) is 0 Å². The SMILES string of the molecule is CCNC(C1=CCCCC1)c1cc(C)nc2ccccc12. The third kappa shape index (κ3) is 3.01. The predicted octanol–water partition coefficient (Wildman–Crippen LogP) is 4.69. The number of benzene rings is 1. The van der Waals surface area contributed by atoms with Gasteiger partial charge in [-0.2, -0.15) is 0 Å². The third-order valence-corrected chi connectivity index (χ3v) is 4.29. The summed E-state index contributed by atoms with van der Waals surface area (Å²) in [4.78, 5) is 4.68. The smallest absolute Gasteiger partial charge is 0.0708 e. The van der Waals surface area contributed by atoms with Crippen molar-refractivity contribution in [1.29, 1.82) is 0 Å². The molecule has 0 radical (unpaired) electrons. The van der Waals surface area contributed by atoms with Crippen LogP contribution in [0.15, 0.2) is 42.0 Å². The van der Waals surface area contributed by atoms with Gasteiger partial charge in [-0.05, 0) is 56.8 Å². The summed E-state index contributed by atoms with van der Waals surface area (Å²) >= 11 is 0. The number of hydrogen-bond acceptors (Lipinski definition) is 2. The zero-order valence-corrected chi connectivity index (χ0v) is 13.0. The number of nitrogens with zero attached hydrogens (tertiary/aromatic N) is 1. The van der Waals surface area contributed by atoms with Crippen LogP contribution < -0.4 is 5.32 Å². The van der Waals surface area contributed by atoms with E-state index in [4.69, 9.17) is 0 Å². The van der Waals surface area contributed by atoms with Crippen molar-refractivity contribution >= 4 is 10.9 Å². The Labute approximate surface area is 127 Å². The summed E-state index contributed by atoms with van der Waals surface area (Å²) in [5.74, 6) is 0. The Morgan fingerprint density at radius 3 is 2.86 bits per heavy atom. The van der Waals surface area contributed by atoms with Crippen LogP contribution in [0, 0.1) is 6.92 Å². The molecule has 0 spiro atoms. The fraction of sp³-hybridized carbons (Fsp3) is 0.421. The number of para-hydroxylation sites is 1. The van der Waals surface area contributed by atoms with Gasteiger partial charge in [-0.25, -0.2) is 0 Å². The summed E-state index contributed by atoms with van der Waals surface area (Å²) in [7, 11) is 0. The van der Waals surface area contributed by atoms with Crippen LogP contribution in [-0.2, 0) is 0 Å². The quantitative estimate of drug-likeness (QED) is 0.821. The standard InChI is InChI=1S/C19H24N2/c1-3-20-19(15-9-5-4-6-10-15)17-13-14(2)21-18-12-8-7-11-16(17)18/h7-9,11-13,19-20H,3-6,10H2,1-2H3. The number of hydrogen-bond donors (Lipinski definition) is 1. The number of rotatable bonds is 4. The van der Waals surface area contributed by atoms with Gasteiger partial charge in [0.25, 0.3) is 0 Å². The molecule has 1 aromatic heterocycles. The monoisotopic (exact) mass is 280 g/mol. The molecule has 0 saturated carbocycles. The van der Waals surface area contributed by atoms with E-state index in [1.807, 2.05) is 0 Å². The molecule has 1 heterocycles. The highest BCUT2D eigenvalue weighted by Gasteiger charge is 2.20. The van der Waals surface area contributed by atoms with Crippen molar-refractivity contribution < 1.29 is 0 Å². The third-order valence-electron chi connectivity index (χ3n) is 4.29. The van der Waals surface area contributed by atoms with Crippen molar-refractivity contribution in [2.75, 3.05) is 6.54 Å². The Balaban J connectivity index is 2.12. The average molecular weight is 280 g/mol. The molecule has 0 amide bonds. The van der Waals surface area contributed by atoms with Crippen molar-refractivity contribution in [3.8, 4) is 0 Å². The van der Waals surface area contributed by atoms with Gasteiger partial charge in [-0.3, -0.25) is 4.98 Å². The summed E-state index contributed by atoms with van der Waals surface area (Å²) in [6.07, 6.45) is 7.53. The van der Waals surface area contributed by atoms with Crippen LogP contribution in [0.1, 0.15) is 49.9 Å². The van der Waals surface area contributed by atoms with Gasteiger partial charge < -0.3 is 5.32 Å². The van der Waals surface area contributed by atoms with Gasteiger partial charge in [-0.15, -0.1) is 0 Å². The number of aromatic nitrogens is 1. The molecule has 0 bridgehead atoms. The first kappa shape index (κ1) is 14.3. The van der Waals surface area contributed by atoms with Gasteiger partial charge >= 0.3 is 0 Å². The highest BCUT2D eigenvalue weighted by atomic mass is 14.9. The maximum absolute atomic E-state index is 4.68.